The molecule has 1 aromatic rings. The van der Waals surface area contributed by atoms with Crippen LogP contribution in [0.15, 0.2) is 18.2 Å². The zero-order chi connectivity index (χ0) is 10.5. The lowest BCUT2D eigenvalue weighted by atomic mass is 9.98. The van der Waals surface area contributed by atoms with E-state index in [-0.39, 0.29) is 5.82 Å². The summed E-state index contributed by atoms with van der Waals surface area (Å²) in [6, 6.07) is 5.36. The Morgan fingerprint density at radius 2 is 2.27 bits per heavy atom. The van der Waals surface area contributed by atoms with E-state index in [0.717, 1.165) is 6.54 Å². The van der Waals surface area contributed by atoms with Gasteiger partial charge >= 0.3 is 0 Å². The highest BCUT2D eigenvalue weighted by Gasteiger charge is 2.51. The fourth-order valence-electron chi connectivity index (χ4n) is 3.10. The Balaban J connectivity index is 2.04. The number of hydrogen-bond acceptors (Lipinski definition) is 1. The number of hydrogen-bond donors (Lipinski definition) is 1. The molecule has 0 saturated heterocycles. The Morgan fingerprint density at radius 3 is 2.93 bits per heavy atom. The molecular formula is C13H16FN. The predicted octanol–water partition coefficient (Wildman–Crippen LogP) is 2.56. The van der Waals surface area contributed by atoms with Gasteiger partial charge in [0, 0.05) is 6.54 Å². The van der Waals surface area contributed by atoms with Crippen LogP contribution >= 0.6 is 0 Å². The SMILES string of the molecule is CNCC1CC2(CC2)c2ccc(F)cc21. The summed E-state index contributed by atoms with van der Waals surface area (Å²) in [5, 5.41) is 3.21. The highest BCUT2D eigenvalue weighted by molar-refractivity contribution is 5.46. The number of likely N-dealkylation sites (N-methyl/N-ethyl adjacent to an activating group) is 1. The van der Waals surface area contributed by atoms with Crippen LogP contribution in [-0.4, -0.2) is 13.6 Å². The second-order valence-electron chi connectivity index (χ2n) is 4.97. The second kappa shape index (κ2) is 3.05. The normalized spacial score (nSPS) is 25.6. The average molecular weight is 205 g/mol. The molecule has 0 bridgehead atoms. The van der Waals surface area contributed by atoms with Crippen molar-refractivity contribution >= 4 is 0 Å². The first-order valence-corrected chi connectivity index (χ1v) is 5.70. The number of nitrogens with one attached hydrogen (secondary N) is 1. The first kappa shape index (κ1) is 9.34. The standard InChI is InChI=1S/C13H16FN/c1-15-8-9-7-13(4-5-13)12-3-2-10(14)6-11(9)12/h2-3,6,9,15H,4-5,7-8H2,1H3. The molecule has 80 valence electrons. The van der Waals surface area contributed by atoms with Crippen molar-refractivity contribution in [3.05, 3.63) is 35.1 Å². The lowest BCUT2D eigenvalue weighted by molar-refractivity contribution is 0.554. The van der Waals surface area contributed by atoms with Crippen LogP contribution in [0.2, 0.25) is 0 Å². The molecule has 2 aliphatic rings. The summed E-state index contributed by atoms with van der Waals surface area (Å²) < 4.78 is 13.2. The molecule has 1 aromatic carbocycles. The van der Waals surface area contributed by atoms with Gasteiger partial charge < -0.3 is 5.32 Å². The van der Waals surface area contributed by atoms with Crippen molar-refractivity contribution in [2.75, 3.05) is 13.6 Å². The Labute approximate surface area is 89.7 Å². The van der Waals surface area contributed by atoms with Gasteiger partial charge in [0.25, 0.3) is 0 Å². The number of rotatable bonds is 2. The smallest absolute Gasteiger partial charge is 0.123 e. The maximum absolute atomic E-state index is 13.2. The molecule has 0 heterocycles. The molecule has 3 rings (SSSR count). The summed E-state index contributed by atoms with van der Waals surface area (Å²) >= 11 is 0. The summed E-state index contributed by atoms with van der Waals surface area (Å²) in [4.78, 5) is 0. The molecule has 2 aliphatic carbocycles. The molecule has 1 fully saturated rings. The first-order chi connectivity index (χ1) is 7.25. The Kier molecular flexibility index (Phi) is 1.90. The summed E-state index contributed by atoms with van der Waals surface area (Å²) in [6.07, 6.45) is 3.81. The minimum atomic E-state index is -0.0902. The van der Waals surface area contributed by atoms with Crippen molar-refractivity contribution in [2.24, 2.45) is 0 Å². The average Bonchev–Trinajstić information content (AvgIpc) is 2.91. The van der Waals surface area contributed by atoms with Crippen LogP contribution in [0.3, 0.4) is 0 Å². The molecule has 0 aromatic heterocycles. The fourth-order valence-corrected chi connectivity index (χ4v) is 3.10. The highest BCUT2D eigenvalue weighted by atomic mass is 19.1. The summed E-state index contributed by atoms with van der Waals surface area (Å²) in [5.74, 6) is 0.427. The van der Waals surface area contributed by atoms with E-state index in [9.17, 15) is 4.39 Å². The zero-order valence-corrected chi connectivity index (χ0v) is 9.02. The molecule has 0 aliphatic heterocycles. The fraction of sp³-hybridized carbons (Fsp3) is 0.538. The van der Waals surface area contributed by atoms with Gasteiger partial charge in [-0.3, -0.25) is 0 Å². The molecule has 1 unspecified atom stereocenters. The minimum absolute atomic E-state index is 0.0902. The molecule has 15 heavy (non-hydrogen) atoms. The molecule has 1 saturated carbocycles. The van der Waals surface area contributed by atoms with Gasteiger partial charge in [-0.1, -0.05) is 6.07 Å². The Hall–Kier alpha value is -0.890. The zero-order valence-electron chi connectivity index (χ0n) is 9.02. The van der Waals surface area contributed by atoms with Gasteiger partial charge in [-0.15, -0.1) is 0 Å². The molecule has 1 nitrogen and oxygen atoms in total. The van der Waals surface area contributed by atoms with E-state index in [0.29, 0.717) is 11.3 Å². The van der Waals surface area contributed by atoms with Crippen molar-refractivity contribution in [1.82, 2.24) is 5.32 Å². The maximum Gasteiger partial charge on any atom is 0.123 e. The predicted molar refractivity (Wildman–Crippen MR) is 58.6 cm³/mol. The van der Waals surface area contributed by atoms with Crippen LogP contribution < -0.4 is 5.32 Å². The largest absolute Gasteiger partial charge is 0.319 e. The lowest BCUT2D eigenvalue weighted by Gasteiger charge is -2.10. The summed E-state index contributed by atoms with van der Waals surface area (Å²) in [5.41, 5.74) is 3.11. The van der Waals surface area contributed by atoms with Crippen LogP contribution in [0.5, 0.6) is 0 Å². The van der Waals surface area contributed by atoms with Crippen LogP contribution in [0.1, 0.15) is 36.3 Å². The van der Waals surface area contributed by atoms with E-state index in [1.54, 1.807) is 12.1 Å². The van der Waals surface area contributed by atoms with E-state index in [1.165, 1.54) is 30.4 Å². The van der Waals surface area contributed by atoms with Crippen LogP contribution in [0.25, 0.3) is 0 Å². The van der Waals surface area contributed by atoms with Crippen molar-refractivity contribution in [2.45, 2.75) is 30.6 Å². The van der Waals surface area contributed by atoms with Gasteiger partial charge in [0.05, 0.1) is 0 Å². The van der Waals surface area contributed by atoms with E-state index < -0.39 is 0 Å². The van der Waals surface area contributed by atoms with Gasteiger partial charge in [-0.05, 0) is 60.9 Å². The van der Waals surface area contributed by atoms with Crippen molar-refractivity contribution in [3.8, 4) is 0 Å². The maximum atomic E-state index is 13.2. The highest BCUT2D eigenvalue weighted by Crippen LogP contribution is 2.60. The summed E-state index contributed by atoms with van der Waals surface area (Å²) in [7, 11) is 1.97. The monoisotopic (exact) mass is 205 g/mol. The van der Waals surface area contributed by atoms with Crippen molar-refractivity contribution in [1.29, 1.82) is 0 Å². The third-order valence-electron chi connectivity index (χ3n) is 3.97. The second-order valence-corrected chi connectivity index (χ2v) is 4.97. The molecule has 1 spiro atoms. The van der Waals surface area contributed by atoms with Gasteiger partial charge in [0.15, 0.2) is 0 Å². The van der Waals surface area contributed by atoms with Crippen molar-refractivity contribution < 1.29 is 4.39 Å². The number of halogens is 1. The molecule has 0 amide bonds. The first-order valence-electron chi connectivity index (χ1n) is 5.70. The molecular weight excluding hydrogens is 189 g/mol. The Morgan fingerprint density at radius 1 is 1.47 bits per heavy atom. The molecule has 2 heteroatoms. The van der Waals surface area contributed by atoms with E-state index in [4.69, 9.17) is 0 Å². The lowest BCUT2D eigenvalue weighted by Crippen LogP contribution is -2.15. The van der Waals surface area contributed by atoms with Gasteiger partial charge in [0.2, 0.25) is 0 Å². The third kappa shape index (κ3) is 1.31. The molecule has 1 N–H and O–H groups in total. The molecule has 1 atom stereocenters. The van der Waals surface area contributed by atoms with E-state index in [2.05, 4.69) is 5.32 Å². The Bertz CT molecular complexity index is 396. The van der Waals surface area contributed by atoms with Crippen LogP contribution in [-0.2, 0) is 5.41 Å². The van der Waals surface area contributed by atoms with Gasteiger partial charge in [-0.2, -0.15) is 0 Å². The quantitative estimate of drug-likeness (QED) is 0.782. The van der Waals surface area contributed by atoms with E-state index >= 15 is 0 Å². The topological polar surface area (TPSA) is 12.0 Å². The van der Waals surface area contributed by atoms with Gasteiger partial charge in [-0.25, -0.2) is 4.39 Å². The summed E-state index contributed by atoms with van der Waals surface area (Å²) in [6.45, 7) is 0.970. The van der Waals surface area contributed by atoms with Crippen LogP contribution in [0, 0.1) is 5.82 Å². The third-order valence-corrected chi connectivity index (χ3v) is 3.97. The van der Waals surface area contributed by atoms with E-state index in [1.807, 2.05) is 13.1 Å². The van der Waals surface area contributed by atoms with Crippen molar-refractivity contribution in [3.63, 3.8) is 0 Å². The number of benzene rings is 1. The number of fused-ring (bicyclic) bond motifs is 2. The molecule has 0 radical (unpaired) electrons. The minimum Gasteiger partial charge on any atom is -0.319 e. The van der Waals surface area contributed by atoms with Crippen LogP contribution in [0.4, 0.5) is 4.39 Å². The van der Waals surface area contributed by atoms with Gasteiger partial charge in [0.1, 0.15) is 5.82 Å².